The predicted molar refractivity (Wildman–Crippen MR) is 88.4 cm³/mol. The number of nitrogens with zero attached hydrogens (tertiary/aromatic N) is 1. The van der Waals surface area contributed by atoms with E-state index >= 15 is 0 Å². The zero-order chi connectivity index (χ0) is 14.8. The van der Waals surface area contributed by atoms with E-state index in [1.165, 1.54) is 6.92 Å². The quantitative estimate of drug-likeness (QED) is 0.757. The highest BCUT2D eigenvalue weighted by atomic mass is 32.1. The monoisotopic (exact) mass is 297 g/mol. The van der Waals surface area contributed by atoms with Crippen LogP contribution in [0.2, 0.25) is 0 Å². The fourth-order valence-electron chi connectivity index (χ4n) is 2.12. The molecule has 5 heteroatoms. The molecule has 2 N–H and O–H groups in total. The topological polar surface area (TPSA) is 54.0 Å². The van der Waals surface area contributed by atoms with Gasteiger partial charge in [-0.3, -0.25) is 4.79 Å². The van der Waals surface area contributed by atoms with Crippen LogP contribution in [0.5, 0.6) is 0 Å². The van der Waals surface area contributed by atoms with Crippen LogP contribution >= 0.6 is 11.3 Å². The van der Waals surface area contributed by atoms with Gasteiger partial charge >= 0.3 is 0 Å². The second-order valence-corrected chi connectivity index (χ2v) is 5.85. The summed E-state index contributed by atoms with van der Waals surface area (Å²) in [6.07, 6.45) is 0. The van der Waals surface area contributed by atoms with Crippen molar-refractivity contribution in [1.82, 2.24) is 4.98 Å². The molecule has 2 aromatic carbocycles. The molecule has 0 unspecified atom stereocenters. The van der Waals surface area contributed by atoms with Crippen LogP contribution in [-0.2, 0) is 4.79 Å². The number of anilines is 3. The van der Waals surface area contributed by atoms with Crippen molar-refractivity contribution in [2.75, 3.05) is 10.6 Å². The van der Waals surface area contributed by atoms with E-state index in [4.69, 9.17) is 0 Å². The number of para-hydroxylation sites is 1. The molecule has 0 atom stereocenters. The summed E-state index contributed by atoms with van der Waals surface area (Å²) in [6, 6.07) is 13.9. The van der Waals surface area contributed by atoms with Crippen LogP contribution in [0.3, 0.4) is 0 Å². The summed E-state index contributed by atoms with van der Waals surface area (Å²) in [5.41, 5.74) is 3.80. The number of carbonyl (C=O) groups is 1. The standard InChI is InChI=1S/C16H15N3OS/c1-10-9-12(7-8-13(10)17-11(2)20)18-16-19-14-5-3-4-6-15(14)21-16/h3-9H,1-2H3,(H,17,20)(H,18,19). The molecule has 0 aliphatic rings. The summed E-state index contributed by atoms with van der Waals surface area (Å²) in [4.78, 5) is 15.7. The van der Waals surface area contributed by atoms with E-state index in [2.05, 4.69) is 21.7 Å². The minimum atomic E-state index is -0.0648. The van der Waals surface area contributed by atoms with Crippen LogP contribution in [0.1, 0.15) is 12.5 Å². The largest absolute Gasteiger partial charge is 0.332 e. The Kier molecular flexibility index (Phi) is 3.58. The number of hydrogen-bond donors (Lipinski definition) is 2. The smallest absolute Gasteiger partial charge is 0.221 e. The molecule has 3 rings (SSSR count). The Morgan fingerprint density at radius 3 is 2.71 bits per heavy atom. The summed E-state index contributed by atoms with van der Waals surface area (Å²) in [6.45, 7) is 3.47. The average Bonchev–Trinajstić information content (AvgIpc) is 2.83. The Bertz CT molecular complexity index is 777. The molecule has 4 nitrogen and oxygen atoms in total. The van der Waals surface area contributed by atoms with Gasteiger partial charge in [0.2, 0.25) is 5.91 Å². The molecule has 3 aromatic rings. The summed E-state index contributed by atoms with van der Waals surface area (Å²) < 4.78 is 1.16. The van der Waals surface area contributed by atoms with E-state index in [0.29, 0.717) is 0 Å². The van der Waals surface area contributed by atoms with Crippen molar-refractivity contribution in [3.63, 3.8) is 0 Å². The Morgan fingerprint density at radius 1 is 1.19 bits per heavy atom. The molecular formula is C16H15N3OS. The molecule has 1 amide bonds. The molecule has 0 saturated carbocycles. The molecule has 0 bridgehead atoms. The van der Waals surface area contributed by atoms with Crippen LogP contribution < -0.4 is 10.6 Å². The van der Waals surface area contributed by atoms with E-state index in [1.54, 1.807) is 11.3 Å². The zero-order valence-electron chi connectivity index (χ0n) is 11.8. The average molecular weight is 297 g/mol. The second kappa shape index (κ2) is 5.54. The summed E-state index contributed by atoms with van der Waals surface area (Å²) in [7, 11) is 0. The van der Waals surface area contributed by atoms with Crippen molar-refractivity contribution in [3.8, 4) is 0 Å². The fraction of sp³-hybridized carbons (Fsp3) is 0.125. The van der Waals surface area contributed by atoms with E-state index in [-0.39, 0.29) is 5.91 Å². The number of thiazole rings is 1. The Morgan fingerprint density at radius 2 is 2.00 bits per heavy atom. The number of carbonyl (C=O) groups excluding carboxylic acids is 1. The molecule has 0 spiro atoms. The maximum absolute atomic E-state index is 11.1. The Balaban J connectivity index is 1.84. The first kappa shape index (κ1) is 13.6. The maximum Gasteiger partial charge on any atom is 0.221 e. The van der Waals surface area contributed by atoms with Crippen LogP contribution in [0.15, 0.2) is 42.5 Å². The number of fused-ring (bicyclic) bond motifs is 1. The lowest BCUT2D eigenvalue weighted by atomic mass is 10.2. The molecule has 1 aromatic heterocycles. The van der Waals surface area contributed by atoms with Gasteiger partial charge in [-0.1, -0.05) is 23.5 Å². The molecular weight excluding hydrogens is 282 g/mol. The zero-order valence-corrected chi connectivity index (χ0v) is 12.6. The number of aryl methyl sites for hydroxylation is 1. The Hall–Kier alpha value is -2.40. The SMILES string of the molecule is CC(=O)Nc1ccc(Nc2nc3ccccc3s2)cc1C. The van der Waals surface area contributed by atoms with Gasteiger partial charge in [-0.15, -0.1) is 0 Å². The minimum Gasteiger partial charge on any atom is -0.332 e. The lowest BCUT2D eigenvalue weighted by Gasteiger charge is -2.09. The van der Waals surface area contributed by atoms with Crippen LogP contribution in [0, 0.1) is 6.92 Å². The molecule has 0 saturated heterocycles. The van der Waals surface area contributed by atoms with Crippen molar-refractivity contribution < 1.29 is 4.79 Å². The maximum atomic E-state index is 11.1. The van der Waals surface area contributed by atoms with Crippen LogP contribution in [-0.4, -0.2) is 10.9 Å². The number of hydrogen-bond acceptors (Lipinski definition) is 4. The molecule has 106 valence electrons. The number of aromatic nitrogens is 1. The van der Waals surface area contributed by atoms with Gasteiger partial charge in [-0.05, 0) is 42.8 Å². The fourth-order valence-corrected chi connectivity index (χ4v) is 3.01. The highest BCUT2D eigenvalue weighted by Crippen LogP contribution is 2.29. The van der Waals surface area contributed by atoms with Crippen molar-refractivity contribution in [2.24, 2.45) is 0 Å². The molecule has 0 fully saturated rings. The molecule has 1 heterocycles. The van der Waals surface area contributed by atoms with Crippen LogP contribution in [0.25, 0.3) is 10.2 Å². The molecule has 21 heavy (non-hydrogen) atoms. The second-order valence-electron chi connectivity index (χ2n) is 4.82. The van der Waals surface area contributed by atoms with Gasteiger partial charge < -0.3 is 10.6 Å². The number of amides is 1. The van der Waals surface area contributed by atoms with E-state index in [9.17, 15) is 4.79 Å². The van der Waals surface area contributed by atoms with Crippen molar-refractivity contribution in [1.29, 1.82) is 0 Å². The molecule has 0 radical (unpaired) electrons. The van der Waals surface area contributed by atoms with Crippen molar-refractivity contribution >= 4 is 44.0 Å². The lowest BCUT2D eigenvalue weighted by molar-refractivity contribution is -0.114. The number of rotatable bonds is 3. The first-order chi connectivity index (χ1) is 10.1. The Labute approximate surface area is 126 Å². The van der Waals surface area contributed by atoms with E-state index < -0.39 is 0 Å². The van der Waals surface area contributed by atoms with Gasteiger partial charge in [0.1, 0.15) is 0 Å². The van der Waals surface area contributed by atoms with Crippen molar-refractivity contribution in [2.45, 2.75) is 13.8 Å². The normalized spacial score (nSPS) is 10.6. The first-order valence-electron chi connectivity index (χ1n) is 6.62. The van der Waals surface area contributed by atoms with Gasteiger partial charge in [0.15, 0.2) is 5.13 Å². The van der Waals surface area contributed by atoms with Crippen molar-refractivity contribution in [3.05, 3.63) is 48.0 Å². The van der Waals surface area contributed by atoms with Gasteiger partial charge in [-0.2, -0.15) is 0 Å². The highest BCUT2D eigenvalue weighted by Gasteiger charge is 2.05. The molecule has 0 aliphatic carbocycles. The number of nitrogens with one attached hydrogen (secondary N) is 2. The highest BCUT2D eigenvalue weighted by molar-refractivity contribution is 7.22. The van der Waals surface area contributed by atoms with Gasteiger partial charge in [0, 0.05) is 18.3 Å². The van der Waals surface area contributed by atoms with E-state index in [1.807, 2.05) is 43.3 Å². The summed E-state index contributed by atoms with van der Waals surface area (Å²) >= 11 is 1.62. The third-order valence-electron chi connectivity index (χ3n) is 3.08. The van der Waals surface area contributed by atoms with Crippen LogP contribution in [0.4, 0.5) is 16.5 Å². The van der Waals surface area contributed by atoms with E-state index in [0.717, 1.165) is 32.3 Å². The third kappa shape index (κ3) is 3.03. The number of benzene rings is 2. The summed E-state index contributed by atoms with van der Waals surface area (Å²) in [5, 5.41) is 6.98. The predicted octanol–water partition coefficient (Wildman–Crippen LogP) is 4.31. The molecule has 0 aliphatic heterocycles. The minimum absolute atomic E-state index is 0.0648. The van der Waals surface area contributed by atoms with Gasteiger partial charge in [-0.25, -0.2) is 4.98 Å². The third-order valence-corrected chi connectivity index (χ3v) is 4.03. The summed E-state index contributed by atoms with van der Waals surface area (Å²) in [5.74, 6) is -0.0648. The lowest BCUT2D eigenvalue weighted by Crippen LogP contribution is -2.07. The first-order valence-corrected chi connectivity index (χ1v) is 7.44. The van der Waals surface area contributed by atoms with Gasteiger partial charge in [0.05, 0.1) is 10.2 Å². The van der Waals surface area contributed by atoms with Gasteiger partial charge in [0.25, 0.3) is 0 Å².